The van der Waals surface area contributed by atoms with Crippen LogP contribution in [0.25, 0.3) is 0 Å². The van der Waals surface area contributed by atoms with Crippen LogP contribution in [0.2, 0.25) is 0 Å². The molecule has 7 heteroatoms. The Morgan fingerprint density at radius 3 is 2.40 bits per heavy atom. The average Bonchev–Trinajstić information content (AvgIpc) is 3.23. The van der Waals surface area contributed by atoms with Crippen molar-refractivity contribution in [2.75, 3.05) is 19.6 Å². The second-order valence-corrected chi connectivity index (χ2v) is 5.51. The quantitative estimate of drug-likeness (QED) is 0.474. The first-order chi connectivity index (χ1) is 12.2. The van der Waals surface area contributed by atoms with Crippen LogP contribution in [0.3, 0.4) is 0 Å². The van der Waals surface area contributed by atoms with Crippen LogP contribution < -0.4 is 10.6 Å². The smallest absolute Gasteiger partial charge is 0.261 e. The monoisotopic (exact) mass is 340 g/mol. The van der Waals surface area contributed by atoms with E-state index in [2.05, 4.69) is 15.6 Å². The van der Waals surface area contributed by atoms with Gasteiger partial charge in [0.05, 0.1) is 17.4 Å². The van der Waals surface area contributed by atoms with Crippen molar-refractivity contribution in [1.29, 1.82) is 0 Å². The number of rotatable bonds is 6. The highest BCUT2D eigenvalue weighted by atomic mass is 16.3. The summed E-state index contributed by atoms with van der Waals surface area (Å²) in [6.45, 7) is 3.77. The van der Waals surface area contributed by atoms with E-state index in [1.165, 1.54) is 4.90 Å². The van der Waals surface area contributed by atoms with Crippen molar-refractivity contribution in [2.45, 2.75) is 13.5 Å². The largest absolute Gasteiger partial charge is 0.467 e. The summed E-state index contributed by atoms with van der Waals surface area (Å²) in [5.41, 5.74) is 0.928. The molecule has 3 rings (SSSR count). The zero-order chi connectivity index (χ0) is 17.6. The van der Waals surface area contributed by atoms with Gasteiger partial charge in [0.15, 0.2) is 5.96 Å². The third kappa shape index (κ3) is 3.71. The van der Waals surface area contributed by atoms with Crippen LogP contribution in [-0.4, -0.2) is 42.3 Å². The number of nitrogens with one attached hydrogen (secondary N) is 2. The number of fused-ring (bicyclic) bond motifs is 1. The third-order valence-electron chi connectivity index (χ3n) is 3.82. The molecule has 0 bridgehead atoms. The van der Waals surface area contributed by atoms with Gasteiger partial charge in [-0.25, -0.2) is 4.99 Å². The predicted octanol–water partition coefficient (Wildman–Crippen LogP) is 1.63. The summed E-state index contributed by atoms with van der Waals surface area (Å²) in [5, 5.41) is 6.25. The van der Waals surface area contributed by atoms with Gasteiger partial charge in [-0.3, -0.25) is 14.5 Å². The molecule has 0 spiro atoms. The fourth-order valence-electron chi connectivity index (χ4n) is 2.63. The van der Waals surface area contributed by atoms with E-state index in [1.807, 2.05) is 19.1 Å². The minimum Gasteiger partial charge on any atom is -0.467 e. The van der Waals surface area contributed by atoms with E-state index in [1.54, 1.807) is 30.5 Å². The molecule has 1 aromatic heterocycles. The van der Waals surface area contributed by atoms with E-state index in [-0.39, 0.29) is 18.4 Å². The Hall–Kier alpha value is -3.09. The molecule has 0 unspecified atom stereocenters. The Morgan fingerprint density at radius 1 is 1.08 bits per heavy atom. The van der Waals surface area contributed by atoms with E-state index in [0.717, 1.165) is 5.76 Å². The van der Waals surface area contributed by atoms with Crippen molar-refractivity contribution in [3.05, 3.63) is 59.5 Å². The second kappa shape index (κ2) is 7.65. The maximum absolute atomic E-state index is 12.3. The number of carbonyl (C=O) groups excluding carboxylic acids is 2. The predicted molar refractivity (Wildman–Crippen MR) is 93.3 cm³/mol. The van der Waals surface area contributed by atoms with Gasteiger partial charge in [-0.15, -0.1) is 0 Å². The molecule has 1 aliphatic heterocycles. The molecule has 0 saturated heterocycles. The van der Waals surface area contributed by atoms with Crippen LogP contribution in [0.5, 0.6) is 0 Å². The zero-order valence-corrected chi connectivity index (χ0v) is 14.0. The van der Waals surface area contributed by atoms with Gasteiger partial charge in [0, 0.05) is 19.6 Å². The molecule has 0 saturated carbocycles. The van der Waals surface area contributed by atoms with Crippen molar-refractivity contribution >= 4 is 17.8 Å². The lowest BCUT2D eigenvalue weighted by Gasteiger charge is -2.16. The second-order valence-electron chi connectivity index (χ2n) is 5.51. The van der Waals surface area contributed by atoms with Gasteiger partial charge >= 0.3 is 0 Å². The van der Waals surface area contributed by atoms with Gasteiger partial charge in [-0.2, -0.15) is 0 Å². The summed E-state index contributed by atoms with van der Waals surface area (Å²) in [4.78, 5) is 30.3. The van der Waals surface area contributed by atoms with Gasteiger partial charge < -0.3 is 15.1 Å². The first-order valence-electron chi connectivity index (χ1n) is 8.20. The molecule has 2 N–H and O–H groups in total. The number of hydrogen-bond donors (Lipinski definition) is 2. The Labute approximate surface area is 145 Å². The number of hydrogen-bond acceptors (Lipinski definition) is 4. The molecule has 2 heterocycles. The average molecular weight is 340 g/mol. The summed E-state index contributed by atoms with van der Waals surface area (Å²) in [6.07, 6.45) is 1.60. The first-order valence-corrected chi connectivity index (χ1v) is 8.20. The van der Waals surface area contributed by atoms with Crippen LogP contribution in [0.15, 0.2) is 52.1 Å². The van der Waals surface area contributed by atoms with Gasteiger partial charge in [0.2, 0.25) is 0 Å². The van der Waals surface area contributed by atoms with Crippen molar-refractivity contribution in [1.82, 2.24) is 15.5 Å². The van der Waals surface area contributed by atoms with Crippen molar-refractivity contribution < 1.29 is 14.0 Å². The molecule has 0 atom stereocenters. The number of benzene rings is 1. The molecular formula is C18H20N4O3. The Bertz CT molecular complexity index is 748. The van der Waals surface area contributed by atoms with Gasteiger partial charge in [0.1, 0.15) is 12.3 Å². The number of nitrogens with zero attached hydrogens (tertiary/aromatic N) is 2. The minimum atomic E-state index is -0.250. The number of amides is 2. The Balaban J connectivity index is 1.57. The maximum atomic E-state index is 12.3. The van der Waals surface area contributed by atoms with Crippen molar-refractivity contribution in [2.24, 2.45) is 4.99 Å². The highest BCUT2D eigenvalue weighted by molar-refractivity contribution is 6.21. The van der Waals surface area contributed by atoms with Gasteiger partial charge in [-0.1, -0.05) is 12.1 Å². The normalized spacial score (nSPS) is 14.0. The van der Waals surface area contributed by atoms with Gasteiger partial charge in [-0.05, 0) is 31.2 Å². The molecule has 130 valence electrons. The topological polar surface area (TPSA) is 86.9 Å². The SMILES string of the molecule is CCNC(=NCc1ccco1)NCCN1C(=O)c2ccccc2C1=O. The number of imide groups is 1. The van der Waals surface area contributed by atoms with Gasteiger partial charge in [0.25, 0.3) is 11.8 Å². The van der Waals surface area contributed by atoms with Crippen LogP contribution in [0.1, 0.15) is 33.4 Å². The van der Waals surface area contributed by atoms with Crippen molar-refractivity contribution in [3.63, 3.8) is 0 Å². The van der Waals surface area contributed by atoms with E-state index < -0.39 is 0 Å². The van der Waals surface area contributed by atoms with E-state index in [4.69, 9.17) is 4.42 Å². The Kier molecular flexibility index (Phi) is 5.13. The Morgan fingerprint density at radius 2 is 1.80 bits per heavy atom. The number of carbonyl (C=O) groups is 2. The molecule has 0 aliphatic carbocycles. The lowest BCUT2D eigenvalue weighted by molar-refractivity contribution is 0.0657. The number of guanidine groups is 1. The van der Waals surface area contributed by atoms with Crippen LogP contribution >= 0.6 is 0 Å². The summed E-state index contributed by atoms with van der Waals surface area (Å²) in [5.74, 6) is 0.868. The fourth-order valence-corrected chi connectivity index (χ4v) is 2.63. The minimum absolute atomic E-state index is 0.250. The maximum Gasteiger partial charge on any atom is 0.261 e. The summed E-state index contributed by atoms with van der Waals surface area (Å²) in [7, 11) is 0. The summed E-state index contributed by atoms with van der Waals surface area (Å²) >= 11 is 0. The van der Waals surface area contributed by atoms with Crippen molar-refractivity contribution in [3.8, 4) is 0 Å². The van der Waals surface area contributed by atoms with Crippen LogP contribution in [0, 0.1) is 0 Å². The highest BCUT2D eigenvalue weighted by Crippen LogP contribution is 2.21. The molecule has 1 aliphatic rings. The fraction of sp³-hybridized carbons (Fsp3) is 0.278. The number of furan rings is 1. The lowest BCUT2D eigenvalue weighted by Crippen LogP contribution is -2.43. The molecule has 0 radical (unpaired) electrons. The molecule has 2 amide bonds. The number of aliphatic imine (C=N–C) groups is 1. The summed E-state index contributed by atoms with van der Waals surface area (Å²) in [6, 6.07) is 10.5. The van der Waals surface area contributed by atoms with E-state index >= 15 is 0 Å². The molecular weight excluding hydrogens is 320 g/mol. The lowest BCUT2D eigenvalue weighted by atomic mass is 10.1. The van der Waals surface area contributed by atoms with E-state index in [0.29, 0.717) is 36.7 Å². The molecule has 25 heavy (non-hydrogen) atoms. The van der Waals surface area contributed by atoms with Crippen LogP contribution in [0.4, 0.5) is 0 Å². The molecule has 0 fully saturated rings. The summed E-state index contributed by atoms with van der Waals surface area (Å²) < 4.78 is 5.25. The molecule has 2 aromatic rings. The van der Waals surface area contributed by atoms with E-state index in [9.17, 15) is 9.59 Å². The van der Waals surface area contributed by atoms with Crippen LogP contribution in [-0.2, 0) is 6.54 Å². The first kappa shape index (κ1) is 16.8. The third-order valence-corrected chi connectivity index (χ3v) is 3.82. The highest BCUT2D eigenvalue weighted by Gasteiger charge is 2.34. The molecule has 7 nitrogen and oxygen atoms in total. The standard InChI is InChI=1S/C18H20N4O3/c1-2-19-18(21-12-13-6-5-11-25-13)20-9-10-22-16(23)14-7-3-4-8-15(14)17(22)24/h3-8,11H,2,9-10,12H2,1H3,(H2,19,20,21). The molecule has 1 aromatic carbocycles. The zero-order valence-electron chi connectivity index (χ0n) is 14.0.